The summed E-state index contributed by atoms with van der Waals surface area (Å²) in [5.74, 6) is -0.00322. The number of aromatic carboxylic acids is 1. The fourth-order valence-electron chi connectivity index (χ4n) is 1.17. The van der Waals surface area contributed by atoms with Crippen LogP contribution in [0.2, 0.25) is 0 Å². The molecule has 0 bridgehead atoms. The van der Waals surface area contributed by atoms with Crippen molar-refractivity contribution in [3.05, 3.63) is 29.6 Å². The quantitative estimate of drug-likeness (QED) is 0.714. The number of amides is 2. The van der Waals surface area contributed by atoms with Crippen LogP contribution in [-0.2, 0) is 0 Å². The lowest BCUT2D eigenvalue weighted by Crippen LogP contribution is -2.35. The number of urea groups is 1. The molecular weight excluding hydrogens is 239 g/mol. The van der Waals surface area contributed by atoms with Crippen LogP contribution in [0.1, 0.15) is 17.3 Å². The second-order valence-corrected chi connectivity index (χ2v) is 3.49. The van der Waals surface area contributed by atoms with E-state index in [9.17, 15) is 14.0 Å². The van der Waals surface area contributed by atoms with E-state index in [0.717, 1.165) is 12.1 Å². The molecule has 1 unspecified atom stereocenters. The van der Waals surface area contributed by atoms with Crippen LogP contribution in [0.3, 0.4) is 0 Å². The molecule has 3 N–H and O–H groups in total. The first-order valence-corrected chi connectivity index (χ1v) is 5.00. The first kappa shape index (κ1) is 13.5. The van der Waals surface area contributed by atoms with Gasteiger partial charge in [0.15, 0.2) is 0 Å². The Labute approximate surface area is 103 Å². The van der Waals surface area contributed by atoms with E-state index in [1.807, 2.05) is 0 Å². The van der Waals surface area contributed by atoms with Gasteiger partial charge in [0, 0.05) is 5.69 Å². The number of benzene rings is 1. The molecule has 6 heteroatoms. The van der Waals surface area contributed by atoms with Crippen LogP contribution in [0.4, 0.5) is 14.9 Å². The second kappa shape index (κ2) is 5.68. The van der Waals surface area contributed by atoms with Crippen molar-refractivity contribution in [1.29, 1.82) is 0 Å². The molecule has 0 aromatic heterocycles. The molecule has 18 heavy (non-hydrogen) atoms. The number of nitrogens with one attached hydrogen (secondary N) is 2. The molecule has 0 spiro atoms. The summed E-state index contributed by atoms with van der Waals surface area (Å²) in [6.45, 7) is 1.60. The smallest absolute Gasteiger partial charge is 0.338 e. The molecule has 0 aliphatic heterocycles. The lowest BCUT2D eigenvalue weighted by Gasteiger charge is -2.10. The van der Waals surface area contributed by atoms with Crippen molar-refractivity contribution in [2.45, 2.75) is 13.0 Å². The van der Waals surface area contributed by atoms with Gasteiger partial charge in [-0.3, -0.25) is 0 Å². The molecule has 0 fully saturated rings. The van der Waals surface area contributed by atoms with Gasteiger partial charge < -0.3 is 15.7 Å². The van der Waals surface area contributed by atoms with Gasteiger partial charge in [0.2, 0.25) is 0 Å². The molecule has 0 saturated carbocycles. The van der Waals surface area contributed by atoms with Gasteiger partial charge in [-0.25, -0.2) is 14.0 Å². The molecule has 1 rings (SSSR count). The highest BCUT2D eigenvalue weighted by atomic mass is 19.1. The number of rotatable bonds is 3. The van der Waals surface area contributed by atoms with Crippen molar-refractivity contribution in [1.82, 2.24) is 5.32 Å². The Morgan fingerprint density at radius 3 is 2.67 bits per heavy atom. The van der Waals surface area contributed by atoms with E-state index in [4.69, 9.17) is 11.5 Å². The predicted octanol–water partition coefficient (Wildman–Crippen LogP) is 1.67. The van der Waals surface area contributed by atoms with Crippen molar-refractivity contribution in [3.8, 4) is 12.3 Å². The minimum absolute atomic E-state index is 0.138. The number of carbonyl (C=O) groups is 2. The van der Waals surface area contributed by atoms with Crippen molar-refractivity contribution >= 4 is 17.7 Å². The zero-order valence-corrected chi connectivity index (χ0v) is 9.53. The number of carbonyl (C=O) groups excluding carboxylic acids is 1. The van der Waals surface area contributed by atoms with Gasteiger partial charge in [0.25, 0.3) is 0 Å². The zero-order chi connectivity index (χ0) is 13.7. The third-order valence-electron chi connectivity index (χ3n) is 2.05. The highest BCUT2D eigenvalue weighted by Gasteiger charge is 2.11. The predicted molar refractivity (Wildman–Crippen MR) is 63.8 cm³/mol. The number of carboxylic acids is 1. The Kier molecular flexibility index (Phi) is 4.27. The maximum Gasteiger partial charge on any atom is 0.338 e. The Morgan fingerprint density at radius 1 is 1.50 bits per heavy atom. The molecular formula is C12H11FN2O3. The Bertz CT molecular complexity index is 523. The average molecular weight is 250 g/mol. The van der Waals surface area contributed by atoms with Crippen LogP contribution in [0, 0.1) is 18.2 Å². The van der Waals surface area contributed by atoms with E-state index in [2.05, 4.69) is 16.6 Å². The largest absolute Gasteiger partial charge is 0.478 e. The van der Waals surface area contributed by atoms with Crippen molar-refractivity contribution in [2.24, 2.45) is 0 Å². The topological polar surface area (TPSA) is 78.4 Å². The number of terminal acetylenes is 1. The molecule has 0 heterocycles. The summed E-state index contributed by atoms with van der Waals surface area (Å²) in [6.07, 6.45) is 5.07. The number of hydrogen-bond donors (Lipinski definition) is 3. The van der Waals surface area contributed by atoms with Crippen LogP contribution in [0.25, 0.3) is 0 Å². The third-order valence-corrected chi connectivity index (χ3v) is 2.05. The van der Waals surface area contributed by atoms with Crippen LogP contribution < -0.4 is 10.6 Å². The zero-order valence-electron chi connectivity index (χ0n) is 9.53. The van der Waals surface area contributed by atoms with Crippen LogP contribution in [0.15, 0.2) is 18.2 Å². The summed E-state index contributed by atoms with van der Waals surface area (Å²) < 4.78 is 13.3. The van der Waals surface area contributed by atoms with E-state index in [0.29, 0.717) is 0 Å². The summed E-state index contributed by atoms with van der Waals surface area (Å²) in [5.41, 5.74) is -0.322. The summed E-state index contributed by atoms with van der Waals surface area (Å²) in [6, 6.07) is 2.21. The number of anilines is 1. The summed E-state index contributed by atoms with van der Waals surface area (Å²) in [5, 5.41) is 13.4. The minimum atomic E-state index is -1.37. The molecule has 94 valence electrons. The fraction of sp³-hybridized carbons (Fsp3) is 0.167. The Hall–Kier alpha value is -2.55. The van der Waals surface area contributed by atoms with E-state index in [1.54, 1.807) is 6.92 Å². The Morgan fingerprint density at radius 2 is 2.17 bits per heavy atom. The van der Waals surface area contributed by atoms with E-state index in [1.165, 1.54) is 6.07 Å². The van der Waals surface area contributed by atoms with Gasteiger partial charge >= 0.3 is 12.0 Å². The van der Waals surface area contributed by atoms with Crippen molar-refractivity contribution in [2.75, 3.05) is 5.32 Å². The maximum atomic E-state index is 13.3. The van der Waals surface area contributed by atoms with Crippen molar-refractivity contribution in [3.63, 3.8) is 0 Å². The first-order chi connectivity index (χ1) is 8.43. The summed E-state index contributed by atoms with van der Waals surface area (Å²) in [4.78, 5) is 21.9. The normalized spacial score (nSPS) is 11.2. The van der Waals surface area contributed by atoms with Gasteiger partial charge in [-0.05, 0) is 25.1 Å². The summed E-state index contributed by atoms with van der Waals surface area (Å²) >= 11 is 0. The lowest BCUT2D eigenvalue weighted by atomic mass is 10.2. The van der Waals surface area contributed by atoms with Crippen LogP contribution in [-0.4, -0.2) is 23.1 Å². The van der Waals surface area contributed by atoms with Gasteiger partial charge in [-0.2, -0.15) is 0 Å². The number of halogens is 1. The minimum Gasteiger partial charge on any atom is -0.478 e. The molecule has 1 aromatic carbocycles. The first-order valence-electron chi connectivity index (χ1n) is 5.00. The van der Waals surface area contributed by atoms with E-state index >= 15 is 0 Å². The molecule has 1 aromatic rings. The molecule has 0 saturated heterocycles. The van der Waals surface area contributed by atoms with Crippen molar-refractivity contribution < 1.29 is 19.1 Å². The molecule has 5 nitrogen and oxygen atoms in total. The second-order valence-electron chi connectivity index (χ2n) is 3.49. The number of carboxylic acid groups (broad SMARTS) is 1. The molecule has 2 amide bonds. The SMILES string of the molecule is C#CC(C)NC(=O)Nc1ccc(C(=O)O)c(F)c1. The van der Waals surface area contributed by atoms with Gasteiger partial charge in [0.1, 0.15) is 5.82 Å². The van der Waals surface area contributed by atoms with Crippen LogP contribution >= 0.6 is 0 Å². The van der Waals surface area contributed by atoms with Gasteiger partial charge in [0.05, 0.1) is 11.6 Å². The summed E-state index contributed by atoms with van der Waals surface area (Å²) in [7, 11) is 0. The van der Waals surface area contributed by atoms with Crippen LogP contribution in [0.5, 0.6) is 0 Å². The van der Waals surface area contributed by atoms with E-state index in [-0.39, 0.29) is 5.69 Å². The average Bonchev–Trinajstić information content (AvgIpc) is 2.28. The highest BCUT2D eigenvalue weighted by molar-refractivity contribution is 5.92. The van der Waals surface area contributed by atoms with Gasteiger partial charge in [-0.15, -0.1) is 6.42 Å². The van der Waals surface area contributed by atoms with Gasteiger partial charge in [-0.1, -0.05) is 5.92 Å². The molecule has 0 aliphatic carbocycles. The Balaban J connectivity index is 2.75. The molecule has 0 radical (unpaired) electrons. The third kappa shape index (κ3) is 3.49. The lowest BCUT2D eigenvalue weighted by molar-refractivity contribution is 0.0692. The standard InChI is InChI=1S/C12H11FN2O3/c1-3-7(2)14-12(18)15-8-4-5-9(11(16)17)10(13)6-8/h1,4-7H,2H3,(H,16,17)(H2,14,15,18). The molecule has 0 aliphatic rings. The monoisotopic (exact) mass is 250 g/mol. The fourth-order valence-corrected chi connectivity index (χ4v) is 1.17. The highest BCUT2D eigenvalue weighted by Crippen LogP contribution is 2.14. The number of hydrogen-bond acceptors (Lipinski definition) is 2. The molecule has 1 atom stereocenters. The maximum absolute atomic E-state index is 13.3. The van der Waals surface area contributed by atoms with E-state index < -0.39 is 29.4 Å².